The number of fused-ring (bicyclic) bond motifs is 1. The van der Waals surface area contributed by atoms with Crippen LogP contribution < -0.4 is 10.9 Å². The van der Waals surface area contributed by atoms with Crippen LogP contribution in [0.3, 0.4) is 0 Å². The molecule has 0 aliphatic carbocycles. The first-order valence-corrected chi connectivity index (χ1v) is 8.30. The molecule has 0 bridgehead atoms. The Bertz CT molecular complexity index is 1080. The number of aromatic nitrogens is 3. The van der Waals surface area contributed by atoms with E-state index in [1.54, 1.807) is 39.0 Å². The Morgan fingerprint density at radius 3 is 2.70 bits per heavy atom. The van der Waals surface area contributed by atoms with Crippen LogP contribution in [0, 0.1) is 13.8 Å². The van der Waals surface area contributed by atoms with Crippen molar-refractivity contribution >= 4 is 28.6 Å². The number of hydrogen-bond donors (Lipinski definition) is 1. The van der Waals surface area contributed by atoms with Crippen molar-refractivity contribution in [1.29, 1.82) is 0 Å². The number of rotatable bonds is 5. The second-order valence-corrected chi connectivity index (χ2v) is 5.86. The van der Waals surface area contributed by atoms with E-state index in [4.69, 9.17) is 9.26 Å². The van der Waals surface area contributed by atoms with E-state index in [0.29, 0.717) is 17.1 Å². The quantitative estimate of drug-likeness (QED) is 0.681. The molecule has 1 N–H and O–H groups in total. The second-order valence-electron chi connectivity index (χ2n) is 5.86. The van der Waals surface area contributed by atoms with Crippen LogP contribution in [0.15, 0.2) is 33.6 Å². The Morgan fingerprint density at radius 1 is 1.26 bits per heavy atom. The third-order valence-electron chi connectivity index (χ3n) is 3.87. The summed E-state index contributed by atoms with van der Waals surface area (Å²) in [6.07, 6.45) is 0. The van der Waals surface area contributed by atoms with Gasteiger partial charge in [0.15, 0.2) is 5.82 Å². The molecule has 1 amide bonds. The van der Waals surface area contributed by atoms with Crippen LogP contribution in [0.5, 0.6) is 0 Å². The lowest BCUT2D eigenvalue weighted by atomic mass is 10.1. The lowest BCUT2D eigenvalue weighted by Crippen LogP contribution is -2.28. The monoisotopic (exact) mass is 370 g/mol. The molecule has 0 aliphatic rings. The largest absolute Gasteiger partial charge is 0.465 e. The van der Waals surface area contributed by atoms with E-state index < -0.39 is 17.4 Å². The van der Waals surface area contributed by atoms with Gasteiger partial charge < -0.3 is 14.6 Å². The first kappa shape index (κ1) is 18.3. The van der Waals surface area contributed by atoms with Crippen molar-refractivity contribution in [2.45, 2.75) is 27.3 Å². The van der Waals surface area contributed by atoms with Gasteiger partial charge in [0.1, 0.15) is 18.1 Å². The maximum Gasteiger partial charge on any atom is 0.326 e. The summed E-state index contributed by atoms with van der Waals surface area (Å²) in [6, 6.07) is 6.16. The Balaban J connectivity index is 1.96. The van der Waals surface area contributed by atoms with Crippen molar-refractivity contribution in [1.82, 2.24) is 14.7 Å². The highest BCUT2D eigenvalue weighted by atomic mass is 16.5. The number of hydrogen-bond acceptors (Lipinski definition) is 7. The highest BCUT2D eigenvalue weighted by Gasteiger charge is 2.15. The summed E-state index contributed by atoms with van der Waals surface area (Å²) in [7, 11) is 0. The van der Waals surface area contributed by atoms with Crippen molar-refractivity contribution in [2.75, 3.05) is 11.9 Å². The van der Waals surface area contributed by atoms with Crippen molar-refractivity contribution in [3.8, 4) is 0 Å². The molecule has 0 saturated carbocycles. The van der Waals surface area contributed by atoms with Crippen LogP contribution >= 0.6 is 0 Å². The fourth-order valence-corrected chi connectivity index (χ4v) is 2.61. The van der Waals surface area contributed by atoms with Crippen LogP contribution in [0.2, 0.25) is 0 Å². The van der Waals surface area contributed by atoms with Crippen molar-refractivity contribution < 1.29 is 18.8 Å². The van der Waals surface area contributed by atoms with Gasteiger partial charge in [-0.25, -0.2) is 4.98 Å². The van der Waals surface area contributed by atoms with Gasteiger partial charge in [-0.2, -0.15) is 0 Å². The molecular formula is C18H18N4O5. The minimum absolute atomic E-state index is 0.222. The summed E-state index contributed by atoms with van der Waals surface area (Å²) in [5, 5.41) is 6.52. The van der Waals surface area contributed by atoms with E-state index in [2.05, 4.69) is 15.5 Å². The van der Waals surface area contributed by atoms with Gasteiger partial charge in [-0.1, -0.05) is 5.16 Å². The van der Waals surface area contributed by atoms with E-state index in [1.807, 2.05) is 0 Å². The maximum absolute atomic E-state index is 12.8. The zero-order valence-electron chi connectivity index (χ0n) is 15.1. The zero-order valence-corrected chi connectivity index (χ0v) is 15.1. The summed E-state index contributed by atoms with van der Waals surface area (Å²) in [5.74, 6) is 0.252. The summed E-state index contributed by atoms with van der Waals surface area (Å²) >= 11 is 0. The Morgan fingerprint density at radius 2 is 2.04 bits per heavy atom. The number of nitrogens with zero attached hydrogens (tertiary/aromatic N) is 3. The molecule has 3 rings (SSSR count). The molecule has 0 spiro atoms. The number of anilines is 1. The number of carbonyl (C=O) groups excluding carboxylic acids is 2. The van der Waals surface area contributed by atoms with Crippen LogP contribution in [0.1, 0.15) is 28.9 Å². The molecule has 9 heteroatoms. The van der Waals surface area contributed by atoms with Crippen LogP contribution in [0.25, 0.3) is 10.9 Å². The molecule has 27 heavy (non-hydrogen) atoms. The molecule has 0 saturated heterocycles. The van der Waals surface area contributed by atoms with Gasteiger partial charge in [0, 0.05) is 11.6 Å². The first-order chi connectivity index (χ1) is 12.9. The lowest BCUT2D eigenvalue weighted by molar-refractivity contribution is -0.143. The van der Waals surface area contributed by atoms with E-state index in [9.17, 15) is 14.4 Å². The minimum Gasteiger partial charge on any atom is -0.465 e. The second kappa shape index (κ2) is 7.40. The van der Waals surface area contributed by atoms with Gasteiger partial charge in [-0.3, -0.25) is 19.0 Å². The molecular weight excluding hydrogens is 352 g/mol. The molecule has 0 radical (unpaired) electrons. The summed E-state index contributed by atoms with van der Waals surface area (Å²) in [6.45, 7) is 5.01. The number of amides is 1. The van der Waals surface area contributed by atoms with E-state index in [-0.39, 0.29) is 29.9 Å². The molecule has 3 aromatic rings. The summed E-state index contributed by atoms with van der Waals surface area (Å²) < 4.78 is 11.0. The Kier molecular flexibility index (Phi) is 5.02. The third-order valence-corrected chi connectivity index (χ3v) is 3.87. The van der Waals surface area contributed by atoms with Gasteiger partial charge in [0.2, 0.25) is 0 Å². The molecule has 9 nitrogen and oxygen atoms in total. The molecule has 1 aromatic carbocycles. The first-order valence-electron chi connectivity index (χ1n) is 8.30. The molecule has 0 atom stereocenters. The van der Waals surface area contributed by atoms with Gasteiger partial charge in [0.25, 0.3) is 11.5 Å². The van der Waals surface area contributed by atoms with Gasteiger partial charge in [-0.15, -0.1) is 0 Å². The summed E-state index contributed by atoms with van der Waals surface area (Å²) in [5.41, 5.74) is 0.275. The summed E-state index contributed by atoms with van der Waals surface area (Å²) in [4.78, 5) is 41.3. The van der Waals surface area contributed by atoms with Crippen molar-refractivity contribution in [3.63, 3.8) is 0 Å². The SMILES string of the molecule is CCOC(=O)Cn1c(C)nc2ccc(C(=O)Nc3cc(C)on3)cc2c1=O. The number of aryl methyl sites for hydroxylation is 2. The topological polar surface area (TPSA) is 116 Å². The van der Waals surface area contributed by atoms with Crippen molar-refractivity contribution in [3.05, 3.63) is 51.8 Å². The Hall–Kier alpha value is -3.49. The minimum atomic E-state index is -0.529. The van der Waals surface area contributed by atoms with E-state index >= 15 is 0 Å². The molecule has 0 aliphatic heterocycles. The smallest absolute Gasteiger partial charge is 0.326 e. The third kappa shape index (κ3) is 3.86. The maximum atomic E-state index is 12.8. The highest BCUT2D eigenvalue weighted by Crippen LogP contribution is 2.14. The van der Waals surface area contributed by atoms with Crippen molar-refractivity contribution in [2.24, 2.45) is 0 Å². The number of esters is 1. The van der Waals surface area contributed by atoms with Gasteiger partial charge in [0.05, 0.1) is 17.5 Å². The van der Waals surface area contributed by atoms with Crippen LogP contribution in [0.4, 0.5) is 5.82 Å². The zero-order chi connectivity index (χ0) is 19.6. The van der Waals surface area contributed by atoms with Gasteiger partial charge >= 0.3 is 5.97 Å². The fraction of sp³-hybridized carbons (Fsp3) is 0.278. The van der Waals surface area contributed by atoms with E-state index in [0.717, 1.165) is 0 Å². The molecule has 0 fully saturated rings. The van der Waals surface area contributed by atoms with Gasteiger partial charge in [-0.05, 0) is 39.0 Å². The van der Waals surface area contributed by atoms with E-state index in [1.165, 1.54) is 10.6 Å². The molecule has 140 valence electrons. The highest BCUT2D eigenvalue weighted by molar-refractivity contribution is 6.05. The predicted molar refractivity (Wildman–Crippen MR) is 96.6 cm³/mol. The average molecular weight is 370 g/mol. The number of ether oxygens (including phenoxy) is 1. The molecule has 0 unspecified atom stereocenters. The number of carbonyl (C=O) groups is 2. The van der Waals surface area contributed by atoms with Crippen LogP contribution in [-0.4, -0.2) is 33.2 Å². The van der Waals surface area contributed by atoms with Crippen LogP contribution in [-0.2, 0) is 16.1 Å². The standard InChI is InChI=1S/C18H18N4O5/c1-4-26-16(23)9-22-11(3)19-14-6-5-12(8-13(14)18(22)25)17(24)20-15-7-10(2)27-21-15/h5-8H,4,9H2,1-3H3,(H,20,21,24). The molecule has 2 aromatic heterocycles. The number of nitrogens with one attached hydrogen (secondary N) is 1. The lowest BCUT2D eigenvalue weighted by Gasteiger charge is -2.11. The normalized spacial score (nSPS) is 10.8. The fourth-order valence-electron chi connectivity index (χ4n) is 2.61. The Labute approximate surface area is 153 Å². The average Bonchev–Trinajstić information content (AvgIpc) is 3.03. The number of benzene rings is 1. The molecule has 2 heterocycles. The predicted octanol–water partition coefficient (Wildman–Crippen LogP) is 1.82.